The van der Waals surface area contributed by atoms with Gasteiger partial charge in [0.25, 0.3) is 0 Å². The second-order valence-corrected chi connectivity index (χ2v) is 6.50. The van der Waals surface area contributed by atoms with Gasteiger partial charge in [0.2, 0.25) is 0 Å². The molecule has 0 saturated carbocycles. The van der Waals surface area contributed by atoms with Gasteiger partial charge in [-0.15, -0.1) is 0 Å². The number of hydrogen-bond donors (Lipinski definition) is 4. The van der Waals surface area contributed by atoms with Crippen molar-refractivity contribution in [2.45, 2.75) is 12.0 Å². The highest BCUT2D eigenvalue weighted by molar-refractivity contribution is 5.89. The van der Waals surface area contributed by atoms with Crippen molar-refractivity contribution in [3.8, 4) is 0 Å². The Labute approximate surface area is 167 Å². The zero-order valence-electron chi connectivity index (χ0n) is 15.7. The molecule has 3 rings (SSSR count). The Morgan fingerprint density at radius 1 is 0.966 bits per heavy atom. The molecule has 1 aliphatic rings. The van der Waals surface area contributed by atoms with Crippen LogP contribution in [0.5, 0.6) is 0 Å². The largest absolute Gasteiger partial charge is 0.480 e. The highest BCUT2D eigenvalue weighted by atomic mass is 16.4. The van der Waals surface area contributed by atoms with Gasteiger partial charge >= 0.3 is 17.9 Å². The van der Waals surface area contributed by atoms with Crippen LogP contribution in [0.4, 0.5) is 5.69 Å². The molecule has 2 atom stereocenters. The van der Waals surface area contributed by atoms with E-state index in [2.05, 4.69) is 12.1 Å². The number of hydrogen-bond acceptors (Lipinski definition) is 5. The lowest BCUT2D eigenvalue weighted by Gasteiger charge is -2.37. The first kappa shape index (κ1) is 21.6. The highest BCUT2D eigenvalue weighted by Crippen LogP contribution is 2.41. The number of nitrogen functional groups attached to an aromatic ring is 1. The molecule has 8 heteroatoms. The Morgan fingerprint density at radius 2 is 1.55 bits per heavy atom. The number of carbonyl (C=O) groups is 3. The van der Waals surface area contributed by atoms with Crippen molar-refractivity contribution in [1.82, 2.24) is 4.90 Å². The SMILES string of the molecule is CN1CC(c2ccccc2)c2cccc(N)c2C1C(=O)O.O=C(O)C=CC(=O)O. The molecule has 0 saturated heterocycles. The molecule has 0 radical (unpaired) electrons. The van der Waals surface area contributed by atoms with Crippen molar-refractivity contribution >= 4 is 23.6 Å². The van der Waals surface area contributed by atoms with Crippen molar-refractivity contribution in [1.29, 1.82) is 0 Å². The standard InChI is InChI=1S/C17H18N2O2.C4H4O4/c1-19-10-13(11-6-3-2-4-7-11)12-8-5-9-14(18)15(12)16(19)17(20)21;5-3(6)1-2-4(7)8/h2-9,13,16H,10,18H2,1H3,(H,20,21);1-2H,(H,5,6)(H,7,8). The van der Waals surface area contributed by atoms with E-state index in [4.69, 9.17) is 15.9 Å². The summed E-state index contributed by atoms with van der Waals surface area (Å²) in [5.41, 5.74) is 9.56. The number of benzene rings is 2. The lowest BCUT2D eigenvalue weighted by atomic mass is 9.81. The summed E-state index contributed by atoms with van der Waals surface area (Å²) in [6.07, 6.45) is 1.12. The van der Waals surface area contributed by atoms with E-state index in [9.17, 15) is 19.5 Å². The molecule has 152 valence electrons. The fourth-order valence-electron chi connectivity index (χ4n) is 3.36. The third kappa shape index (κ3) is 5.43. The van der Waals surface area contributed by atoms with E-state index in [1.807, 2.05) is 42.3 Å². The van der Waals surface area contributed by atoms with E-state index in [-0.39, 0.29) is 5.92 Å². The minimum atomic E-state index is -1.26. The average molecular weight is 398 g/mol. The van der Waals surface area contributed by atoms with Crippen LogP contribution >= 0.6 is 0 Å². The Balaban J connectivity index is 0.000000321. The molecule has 29 heavy (non-hydrogen) atoms. The maximum absolute atomic E-state index is 11.6. The average Bonchev–Trinajstić information content (AvgIpc) is 2.67. The number of rotatable bonds is 4. The van der Waals surface area contributed by atoms with Crippen LogP contribution < -0.4 is 5.73 Å². The summed E-state index contributed by atoms with van der Waals surface area (Å²) in [5.74, 6) is -3.23. The summed E-state index contributed by atoms with van der Waals surface area (Å²) in [7, 11) is 1.84. The molecule has 0 fully saturated rings. The van der Waals surface area contributed by atoms with E-state index < -0.39 is 23.9 Å². The number of anilines is 1. The number of nitrogens with zero attached hydrogens (tertiary/aromatic N) is 1. The fraction of sp³-hybridized carbons (Fsp3) is 0.190. The summed E-state index contributed by atoms with van der Waals surface area (Å²) in [4.78, 5) is 32.6. The van der Waals surface area contributed by atoms with E-state index in [0.29, 0.717) is 24.4 Å². The normalized spacial score (nSPS) is 18.4. The number of nitrogens with two attached hydrogens (primary N) is 1. The second-order valence-electron chi connectivity index (χ2n) is 6.50. The number of likely N-dealkylation sites (N-methyl/N-ethyl adjacent to an activating group) is 1. The number of fused-ring (bicyclic) bond motifs is 1. The van der Waals surface area contributed by atoms with Crippen molar-refractivity contribution in [2.75, 3.05) is 19.3 Å². The van der Waals surface area contributed by atoms with Crippen molar-refractivity contribution in [3.05, 3.63) is 77.4 Å². The number of aliphatic carboxylic acids is 3. The van der Waals surface area contributed by atoms with Crippen LogP contribution in [-0.4, -0.2) is 51.7 Å². The predicted molar refractivity (Wildman–Crippen MR) is 107 cm³/mol. The molecule has 0 amide bonds. The van der Waals surface area contributed by atoms with Crippen LogP contribution in [0.25, 0.3) is 0 Å². The fourth-order valence-corrected chi connectivity index (χ4v) is 3.36. The molecule has 0 spiro atoms. The molecular weight excluding hydrogens is 376 g/mol. The molecule has 5 N–H and O–H groups in total. The van der Waals surface area contributed by atoms with E-state index in [1.54, 1.807) is 6.07 Å². The van der Waals surface area contributed by atoms with Crippen LogP contribution in [0.1, 0.15) is 28.7 Å². The molecule has 1 aliphatic heterocycles. The monoisotopic (exact) mass is 398 g/mol. The van der Waals surface area contributed by atoms with Gasteiger partial charge in [-0.1, -0.05) is 42.5 Å². The molecule has 0 bridgehead atoms. The molecule has 2 unspecified atom stereocenters. The van der Waals surface area contributed by atoms with Crippen LogP contribution in [-0.2, 0) is 14.4 Å². The lowest BCUT2D eigenvalue weighted by molar-refractivity contribution is -0.143. The van der Waals surface area contributed by atoms with Gasteiger partial charge in [0.15, 0.2) is 0 Å². The van der Waals surface area contributed by atoms with Crippen molar-refractivity contribution in [2.24, 2.45) is 0 Å². The van der Waals surface area contributed by atoms with Gasteiger partial charge in [-0.05, 0) is 24.2 Å². The van der Waals surface area contributed by atoms with E-state index in [0.717, 1.165) is 11.1 Å². The molecule has 2 aromatic rings. The molecule has 8 nitrogen and oxygen atoms in total. The zero-order valence-corrected chi connectivity index (χ0v) is 15.7. The molecular formula is C21H22N2O6. The number of carboxylic acid groups (broad SMARTS) is 3. The first-order chi connectivity index (χ1) is 13.7. The van der Waals surface area contributed by atoms with Gasteiger partial charge < -0.3 is 21.1 Å². The zero-order chi connectivity index (χ0) is 21.6. The van der Waals surface area contributed by atoms with Crippen LogP contribution in [0.3, 0.4) is 0 Å². The van der Waals surface area contributed by atoms with E-state index in [1.165, 1.54) is 5.56 Å². The van der Waals surface area contributed by atoms with Gasteiger partial charge in [-0.25, -0.2) is 9.59 Å². The summed E-state index contributed by atoms with van der Waals surface area (Å²) in [6.45, 7) is 0.664. The van der Waals surface area contributed by atoms with Crippen molar-refractivity contribution < 1.29 is 29.7 Å². The minimum absolute atomic E-state index is 0.144. The van der Waals surface area contributed by atoms with Gasteiger partial charge in [0.05, 0.1) is 0 Å². The molecule has 1 heterocycles. The third-order valence-corrected chi connectivity index (χ3v) is 4.54. The molecule has 0 aromatic heterocycles. The van der Waals surface area contributed by atoms with Gasteiger partial charge in [-0.3, -0.25) is 9.69 Å². The van der Waals surface area contributed by atoms with Crippen LogP contribution in [0, 0.1) is 0 Å². The summed E-state index contributed by atoms with van der Waals surface area (Å²) in [5, 5.41) is 25.2. The maximum Gasteiger partial charge on any atom is 0.328 e. The summed E-state index contributed by atoms with van der Waals surface area (Å²) < 4.78 is 0. The Kier molecular flexibility index (Phi) is 7.10. The molecule has 0 aliphatic carbocycles. The van der Waals surface area contributed by atoms with Crippen molar-refractivity contribution in [3.63, 3.8) is 0 Å². The van der Waals surface area contributed by atoms with Gasteiger partial charge in [0.1, 0.15) is 6.04 Å². The second kappa shape index (κ2) is 9.52. The van der Waals surface area contributed by atoms with Gasteiger partial charge in [0, 0.05) is 35.9 Å². The van der Waals surface area contributed by atoms with Gasteiger partial charge in [-0.2, -0.15) is 0 Å². The topological polar surface area (TPSA) is 141 Å². The minimum Gasteiger partial charge on any atom is -0.480 e. The quantitative estimate of drug-likeness (QED) is 0.454. The number of carboxylic acids is 3. The third-order valence-electron chi connectivity index (χ3n) is 4.54. The first-order valence-corrected chi connectivity index (χ1v) is 8.72. The lowest BCUT2D eigenvalue weighted by Crippen LogP contribution is -2.39. The van der Waals surface area contributed by atoms with E-state index >= 15 is 0 Å². The summed E-state index contributed by atoms with van der Waals surface area (Å²) in [6, 6.07) is 15.1. The molecule has 2 aromatic carbocycles. The van der Waals surface area contributed by atoms with Crippen LogP contribution in [0.2, 0.25) is 0 Å². The Bertz CT molecular complexity index is 910. The Morgan fingerprint density at radius 3 is 2.07 bits per heavy atom. The summed E-state index contributed by atoms with van der Waals surface area (Å²) >= 11 is 0. The first-order valence-electron chi connectivity index (χ1n) is 8.72. The predicted octanol–water partition coefficient (Wildman–Crippen LogP) is 2.18. The highest BCUT2D eigenvalue weighted by Gasteiger charge is 2.37. The smallest absolute Gasteiger partial charge is 0.328 e. The Hall–Kier alpha value is -3.65. The maximum atomic E-state index is 11.6. The van der Waals surface area contributed by atoms with Crippen LogP contribution in [0.15, 0.2) is 60.7 Å².